The van der Waals surface area contributed by atoms with E-state index in [9.17, 15) is 0 Å². The predicted molar refractivity (Wildman–Crippen MR) is 46.4 cm³/mol. The summed E-state index contributed by atoms with van der Waals surface area (Å²) in [4.78, 5) is 0. The van der Waals surface area contributed by atoms with E-state index in [1.165, 1.54) is 12.8 Å². The molecule has 0 fully saturated rings. The third kappa shape index (κ3) is 5.05. The fourth-order valence-electron chi connectivity index (χ4n) is 0.756. The van der Waals surface area contributed by atoms with E-state index < -0.39 is 0 Å². The van der Waals surface area contributed by atoms with Crippen LogP contribution in [0.2, 0.25) is 0 Å². The number of hydrogen-bond acceptors (Lipinski definition) is 0. The van der Waals surface area contributed by atoms with Gasteiger partial charge in [0, 0.05) is 0 Å². The molecule has 1 nitrogen and oxygen atoms in total. The van der Waals surface area contributed by atoms with Gasteiger partial charge in [0.25, 0.3) is 0 Å². The Bertz CT molecular complexity index is 113. The molecular weight excluding hydrogens is 158 g/mol. The first-order valence-electron chi connectivity index (χ1n) is 3.80. The molecule has 0 bridgehead atoms. The van der Waals surface area contributed by atoms with E-state index in [0.29, 0.717) is 0 Å². The Morgan fingerprint density at radius 1 is 1.27 bits per heavy atom. The smallest absolute Gasteiger partial charge is 0.0929 e. The average Bonchev–Trinajstić information content (AvgIpc) is 2.00. The van der Waals surface area contributed by atoms with Crippen LogP contribution in [0.5, 0.6) is 0 Å². The van der Waals surface area contributed by atoms with Crippen molar-refractivity contribution in [3.8, 4) is 0 Å². The summed E-state index contributed by atoms with van der Waals surface area (Å²) >= 11 is 0. The van der Waals surface area contributed by atoms with Crippen molar-refractivity contribution in [1.29, 1.82) is 0 Å². The third-order valence-electron chi connectivity index (χ3n) is 1.83. The van der Waals surface area contributed by atoms with Crippen molar-refractivity contribution in [2.24, 2.45) is 0 Å². The van der Waals surface area contributed by atoms with Gasteiger partial charge in [-0.25, -0.2) is 0 Å². The summed E-state index contributed by atoms with van der Waals surface area (Å²) in [6.07, 6.45) is 6.30. The first-order chi connectivity index (χ1) is 4.68. The highest BCUT2D eigenvalue weighted by atomic mass is 35.5. The molecule has 11 heavy (non-hydrogen) atoms. The van der Waals surface area contributed by atoms with Crippen LogP contribution in [0.4, 0.5) is 0 Å². The van der Waals surface area contributed by atoms with Gasteiger partial charge in [-0.3, -0.25) is 4.48 Å². The second-order valence-electron chi connectivity index (χ2n) is 2.79. The van der Waals surface area contributed by atoms with E-state index in [2.05, 4.69) is 27.1 Å². The van der Waals surface area contributed by atoms with Crippen LogP contribution in [0, 0.1) is 0 Å². The Kier molecular flexibility index (Phi) is 7.80. The number of unbranched alkanes of at least 4 members (excludes halogenated alkanes) is 1. The minimum absolute atomic E-state index is 0. The van der Waals surface area contributed by atoms with Gasteiger partial charge in [-0.1, -0.05) is 13.3 Å². The highest BCUT2D eigenvalue weighted by Gasteiger charge is 2.10. The second kappa shape index (κ2) is 6.44. The number of nitrogens with zero attached hydrogens (tertiary/aromatic N) is 1. The van der Waals surface area contributed by atoms with Crippen LogP contribution in [-0.2, 0) is 0 Å². The van der Waals surface area contributed by atoms with Gasteiger partial charge in [-0.15, -0.1) is 0 Å². The van der Waals surface area contributed by atoms with Crippen LogP contribution < -0.4 is 12.4 Å². The minimum atomic E-state index is 0. The summed E-state index contributed by atoms with van der Waals surface area (Å²) in [5, 5.41) is 0. The lowest BCUT2D eigenvalue weighted by molar-refractivity contribution is -0.806. The van der Waals surface area contributed by atoms with Crippen molar-refractivity contribution < 1.29 is 16.9 Å². The Hall–Kier alpha value is -0.270. The number of rotatable bonds is 5. The Balaban J connectivity index is 0. The normalized spacial score (nSPS) is 10.0. The zero-order chi connectivity index (χ0) is 8.04. The van der Waals surface area contributed by atoms with Crippen LogP contribution >= 0.6 is 0 Å². The number of hydrogen-bond donors (Lipinski definition) is 0. The minimum Gasteiger partial charge on any atom is -1.00 e. The molecule has 0 spiro atoms. The van der Waals surface area contributed by atoms with Crippen molar-refractivity contribution >= 4 is 0 Å². The van der Waals surface area contributed by atoms with Gasteiger partial charge in [0.1, 0.15) is 0 Å². The number of halogens is 1. The molecular formula is C9H18ClN. The van der Waals surface area contributed by atoms with Gasteiger partial charge < -0.3 is 12.4 Å². The molecule has 0 N–H and O–H groups in total. The first kappa shape index (κ1) is 13.3. The summed E-state index contributed by atoms with van der Waals surface area (Å²) in [5.41, 5.74) is 0. The fraction of sp³-hybridized carbons (Fsp3) is 0.556. The van der Waals surface area contributed by atoms with E-state index in [4.69, 9.17) is 0 Å². The highest BCUT2D eigenvalue weighted by molar-refractivity contribution is 4.63. The van der Waals surface area contributed by atoms with Crippen molar-refractivity contribution in [1.82, 2.24) is 0 Å². The summed E-state index contributed by atoms with van der Waals surface area (Å²) in [5.74, 6) is 0. The van der Waals surface area contributed by atoms with E-state index in [-0.39, 0.29) is 12.4 Å². The average molecular weight is 176 g/mol. The molecule has 0 atom stereocenters. The topological polar surface area (TPSA) is 0 Å². The molecule has 0 radical (unpaired) electrons. The molecule has 0 aromatic rings. The van der Waals surface area contributed by atoms with Gasteiger partial charge in [0.05, 0.1) is 26.0 Å². The van der Waals surface area contributed by atoms with Gasteiger partial charge >= 0.3 is 0 Å². The fourth-order valence-corrected chi connectivity index (χ4v) is 0.756. The van der Waals surface area contributed by atoms with Crippen LogP contribution in [-0.4, -0.2) is 18.1 Å². The molecule has 0 aliphatic rings. The molecule has 0 aromatic heterocycles. The Labute approximate surface area is 76.4 Å². The van der Waals surface area contributed by atoms with Gasteiger partial charge in [-0.05, 0) is 19.6 Å². The quantitative estimate of drug-likeness (QED) is 0.496. The van der Waals surface area contributed by atoms with E-state index in [1.54, 1.807) is 0 Å². The van der Waals surface area contributed by atoms with Crippen molar-refractivity contribution in [3.05, 3.63) is 25.6 Å². The summed E-state index contributed by atoms with van der Waals surface area (Å²) < 4.78 is 0.772. The van der Waals surface area contributed by atoms with E-state index >= 15 is 0 Å². The molecule has 0 amide bonds. The Morgan fingerprint density at radius 2 is 1.73 bits per heavy atom. The first-order valence-corrected chi connectivity index (χ1v) is 3.80. The molecule has 0 unspecified atom stereocenters. The monoisotopic (exact) mass is 175 g/mol. The molecule has 2 heteroatoms. The van der Waals surface area contributed by atoms with Gasteiger partial charge in [-0.2, -0.15) is 0 Å². The maximum absolute atomic E-state index is 3.76. The summed E-state index contributed by atoms with van der Waals surface area (Å²) in [7, 11) is 2.11. The molecule has 0 saturated carbocycles. The highest BCUT2D eigenvalue weighted by Crippen LogP contribution is 2.05. The molecule has 0 aliphatic carbocycles. The van der Waals surface area contributed by atoms with Gasteiger partial charge in [0.2, 0.25) is 0 Å². The van der Waals surface area contributed by atoms with Crippen molar-refractivity contribution in [3.63, 3.8) is 0 Å². The molecule has 0 aromatic carbocycles. The van der Waals surface area contributed by atoms with E-state index in [1.807, 2.05) is 12.4 Å². The SMILES string of the molecule is C=C[N+](C)(C=C)CCCC.[Cl-]. The lowest BCUT2D eigenvalue weighted by atomic mass is 10.3. The standard InChI is InChI=1S/C9H18N.ClH/c1-5-8-9-10(4,6-2)7-3;/h6-7H,2-3,5,8-9H2,1,4H3;1H/q+1;/p-1. The lowest BCUT2D eigenvalue weighted by Gasteiger charge is -2.24. The van der Waals surface area contributed by atoms with E-state index in [0.717, 1.165) is 11.0 Å². The Morgan fingerprint density at radius 3 is 2.00 bits per heavy atom. The predicted octanol–water partition coefficient (Wildman–Crippen LogP) is -0.476. The molecule has 0 aliphatic heterocycles. The lowest BCUT2D eigenvalue weighted by Crippen LogP contribution is -3.00. The molecule has 0 rings (SSSR count). The molecule has 66 valence electrons. The van der Waals surface area contributed by atoms with Crippen LogP contribution in [0.1, 0.15) is 19.8 Å². The van der Waals surface area contributed by atoms with Crippen LogP contribution in [0.3, 0.4) is 0 Å². The molecule has 0 saturated heterocycles. The summed E-state index contributed by atoms with van der Waals surface area (Å²) in [6.45, 7) is 10.8. The zero-order valence-electron chi connectivity index (χ0n) is 7.52. The summed E-state index contributed by atoms with van der Waals surface area (Å²) in [6, 6.07) is 0. The maximum Gasteiger partial charge on any atom is 0.0929 e. The third-order valence-corrected chi connectivity index (χ3v) is 1.83. The zero-order valence-corrected chi connectivity index (χ0v) is 8.27. The largest absolute Gasteiger partial charge is 1.00 e. The van der Waals surface area contributed by atoms with Gasteiger partial charge in [0.15, 0.2) is 0 Å². The maximum atomic E-state index is 3.76. The van der Waals surface area contributed by atoms with Crippen LogP contribution in [0.25, 0.3) is 0 Å². The second-order valence-corrected chi connectivity index (χ2v) is 2.79. The van der Waals surface area contributed by atoms with Crippen molar-refractivity contribution in [2.75, 3.05) is 13.6 Å². The van der Waals surface area contributed by atoms with Crippen LogP contribution in [0.15, 0.2) is 25.6 Å². The molecule has 0 heterocycles. The van der Waals surface area contributed by atoms with Crippen molar-refractivity contribution in [2.45, 2.75) is 19.8 Å². The number of quaternary nitrogens is 1.